The summed E-state index contributed by atoms with van der Waals surface area (Å²) in [5.74, 6) is 2.80. The first-order valence-corrected chi connectivity index (χ1v) is 7.82. The third-order valence-electron chi connectivity index (χ3n) is 5.40. The predicted octanol–water partition coefficient (Wildman–Crippen LogP) is 3.98. The third kappa shape index (κ3) is 2.49. The Morgan fingerprint density at radius 2 is 1.89 bits per heavy atom. The number of hydrogen-bond acceptors (Lipinski definition) is 2. The van der Waals surface area contributed by atoms with Gasteiger partial charge in [0.15, 0.2) is 5.78 Å². The zero-order valence-corrected chi connectivity index (χ0v) is 12.2. The van der Waals surface area contributed by atoms with E-state index in [0.29, 0.717) is 18.3 Å². The van der Waals surface area contributed by atoms with Crippen molar-refractivity contribution in [3.63, 3.8) is 0 Å². The normalized spacial score (nSPS) is 30.9. The molecule has 0 spiro atoms. The minimum Gasteiger partial charge on any atom is -0.368 e. The topological polar surface area (TPSA) is 26.3 Å². The van der Waals surface area contributed by atoms with E-state index in [0.717, 1.165) is 31.1 Å². The van der Waals surface area contributed by atoms with Crippen LogP contribution in [0.1, 0.15) is 65.7 Å². The molecule has 2 saturated carbocycles. The molecule has 2 nitrogen and oxygen atoms in total. The number of ether oxygens (including phenoxy) is 1. The molecule has 0 N–H and O–H groups in total. The maximum absolute atomic E-state index is 12.6. The Hall–Kier alpha value is -0.370. The first-order chi connectivity index (χ1) is 8.65. The van der Waals surface area contributed by atoms with Gasteiger partial charge < -0.3 is 4.74 Å². The molecule has 0 saturated heterocycles. The molecule has 0 aromatic rings. The molecule has 0 aromatic heterocycles. The van der Waals surface area contributed by atoms with Crippen LogP contribution in [0.15, 0.2) is 0 Å². The number of rotatable bonds is 7. The van der Waals surface area contributed by atoms with Crippen molar-refractivity contribution < 1.29 is 9.53 Å². The van der Waals surface area contributed by atoms with Crippen LogP contribution in [0.4, 0.5) is 0 Å². The summed E-state index contributed by atoms with van der Waals surface area (Å²) >= 11 is 0. The monoisotopic (exact) mass is 252 g/mol. The molecule has 0 heterocycles. The van der Waals surface area contributed by atoms with E-state index in [1.54, 1.807) is 0 Å². The van der Waals surface area contributed by atoms with Gasteiger partial charge in [-0.25, -0.2) is 0 Å². The van der Waals surface area contributed by atoms with Crippen molar-refractivity contribution >= 4 is 5.78 Å². The highest BCUT2D eigenvalue weighted by atomic mass is 16.5. The first kappa shape index (κ1) is 14.0. The van der Waals surface area contributed by atoms with E-state index < -0.39 is 5.60 Å². The predicted molar refractivity (Wildman–Crippen MR) is 73.5 cm³/mol. The first-order valence-electron chi connectivity index (χ1n) is 7.82. The van der Waals surface area contributed by atoms with Gasteiger partial charge in [0.05, 0.1) is 0 Å². The fraction of sp³-hybridized carbons (Fsp3) is 0.938. The molecule has 0 amide bonds. The fourth-order valence-electron chi connectivity index (χ4n) is 4.26. The number of carbonyl (C=O) groups is 1. The lowest BCUT2D eigenvalue weighted by Gasteiger charge is -2.32. The molecule has 3 atom stereocenters. The lowest BCUT2D eigenvalue weighted by Crippen LogP contribution is -2.41. The molecule has 3 unspecified atom stereocenters. The molecule has 0 radical (unpaired) electrons. The maximum atomic E-state index is 12.6. The number of hydrogen-bond donors (Lipinski definition) is 0. The summed E-state index contributed by atoms with van der Waals surface area (Å²) in [5.41, 5.74) is -0.490. The Bertz CT molecular complexity index is 293. The molecule has 0 aliphatic heterocycles. The second-order valence-corrected chi connectivity index (χ2v) is 6.20. The van der Waals surface area contributed by atoms with Crippen LogP contribution in [0.25, 0.3) is 0 Å². The van der Waals surface area contributed by atoms with Crippen LogP contribution >= 0.6 is 0 Å². The number of carbonyl (C=O) groups excluding carboxylic acids is 1. The van der Waals surface area contributed by atoms with Gasteiger partial charge in [0, 0.05) is 13.0 Å². The molecule has 2 bridgehead atoms. The average molecular weight is 252 g/mol. The lowest BCUT2D eigenvalue weighted by atomic mass is 9.80. The summed E-state index contributed by atoms with van der Waals surface area (Å²) in [6, 6.07) is 0. The van der Waals surface area contributed by atoms with Crippen LogP contribution in [-0.4, -0.2) is 18.0 Å². The van der Waals surface area contributed by atoms with Crippen LogP contribution in [0, 0.1) is 17.8 Å². The van der Waals surface area contributed by atoms with E-state index in [4.69, 9.17) is 4.74 Å². The number of fused-ring (bicyclic) bond motifs is 2. The molecule has 2 rings (SSSR count). The van der Waals surface area contributed by atoms with E-state index in [1.165, 1.54) is 25.7 Å². The van der Waals surface area contributed by atoms with Gasteiger partial charge in [-0.2, -0.15) is 0 Å². The molecule has 2 aliphatic carbocycles. The Kier molecular flexibility index (Phi) is 4.47. The number of ketones is 1. The largest absolute Gasteiger partial charge is 0.368 e. The summed E-state index contributed by atoms with van der Waals surface area (Å²) in [6.07, 6.45) is 7.86. The zero-order valence-electron chi connectivity index (χ0n) is 12.2. The van der Waals surface area contributed by atoms with Crippen LogP contribution in [-0.2, 0) is 9.53 Å². The van der Waals surface area contributed by atoms with Gasteiger partial charge in [0.1, 0.15) is 5.60 Å². The van der Waals surface area contributed by atoms with Crippen molar-refractivity contribution in [1.29, 1.82) is 0 Å². The van der Waals surface area contributed by atoms with Crippen LogP contribution in [0.2, 0.25) is 0 Å². The number of Topliss-reactive ketones (excluding diaryl/α,β-unsaturated/α-hetero) is 1. The Balaban J connectivity index is 1.97. The van der Waals surface area contributed by atoms with E-state index in [9.17, 15) is 4.79 Å². The maximum Gasteiger partial charge on any atom is 0.164 e. The van der Waals surface area contributed by atoms with Gasteiger partial charge in [0.25, 0.3) is 0 Å². The smallest absolute Gasteiger partial charge is 0.164 e. The van der Waals surface area contributed by atoms with Gasteiger partial charge in [-0.3, -0.25) is 4.79 Å². The molecular formula is C16H28O2. The van der Waals surface area contributed by atoms with Crippen molar-refractivity contribution in [3.05, 3.63) is 0 Å². The van der Waals surface area contributed by atoms with Crippen LogP contribution in [0.3, 0.4) is 0 Å². The van der Waals surface area contributed by atoms with Gasteiger partial charge in [-0.05, 0) is 56.8 Å². The SMILES string of the molecule is CCOC(CC)(CC)C(=O)CC1CC2CCC1C2. The third-order valence-corrected chi connectivity index (χ3v) is 5.40. The highest BCUT2D eigenvalue weighted by molar-refractivity contribution is 5.87. The molecule has 2 fully saturated rings. The van der Waals surface area contributed by atoms with Crippen molar-refractivity contribution in [2.45, 2.75) is 71.3 Å². The minimum atomic E-state index is -0.490. The lowest BCUT2D eigenvalue weighted by molar-refractivity contribution is -0.146. The summed E-state index contributed by atoms with van der Waals surface area (Å²) in [6.45, 7) is 6.80. The molecule has 18 heavy (non-hydrogen) atoms. The summed E-state index contributed by atoms with van der Waals surface area (Å²) in [5, 5.41) is 0. The van der Waals surface area contributed by atoms with E-state index in [2.05, 4.69) is 13.8 Å². The molecule has 104 valence electrons. The molecule has 2 aliphatic rings. The molecule has 0 aromatic carbocycles. The zero-order chi connectivity index (χ0) is 13.2. The minimum absolute atomic E-state index is 0.368. The van der Waals surface area contributed by atoms with Crippen LogP contribution in [0.5, 0.6) is 0 Å². The van der Waals surface area contributed by atoms with Crippen molar-refractivity contribution in [2.24, 2.45) is 17.8 Å². The van der Waals surface area contributed by atoms with Crippen molar-refractivity contribution in [1.82, 2.24) is 0 Å². The average Bonchev–Trinajstić information content (AvgIpc) is 2.98. The van der Waals surface area contributed by atoms with Gasteiger partial charge >= 0.3 is 0 Å². The van der Waals surface area contributed by atoms with Crippen molar-refractivity contribution in [3.8, 4) is 0 Å². The summed E-state index contributed by atoms with van der Waals surface area (Å²) in [4.78, 5) is 12.6. The second-order valence-electron chi connectivity index (χ2n) is 6.20. The molecular weight excluding hydrogens is 224 g/mol. The second kappa shape index (κ2) is 5.73. The quantitative estimate of drug-likeness (QED) is 0.685. The van der Waals surface area contributed by atoms with E-state index in [-0.39, 0.29) is 0 Å². The van der Waals surface area contributed by atoms with Crippen LogP contribution < -0.4 is 0 Å². The van der Waals surface area contributed by atoms with Gasteiger partial charge in [-0.1, -0.05) is 20.3 Å². The fourth-order valence-corrected chi connectivity index (χ4v) is 4.26. The summed E-state index contributed by atoms with van der Waals surface area (Å²) in [7, 11) is 0. The molecule has 2 heteroatoms. The van der Waals surface area contributed by atoms with Gasteiger partial charge in [-0.15, -0.1) is 0 Å². The van der Waals surface area contributed by atoms with E-state index in [1.807, 2.05) is 6.92 Å². The van der Waals surface area contributed by atoms with Gasteiger partial charge in [0.2, 0.25) is 0 Å². The Morgan fingerprint density at radius 3 is 2.33 bits per heavy atom. The highest BCUT2D eigenvalue weighted by Crippen LogP contribution is 2.50. The Morgan fingerprint density at radius 1 is 1.17 bits per heavy atom. The summed E-state index contributed by atoms with van der Waals surface area (Å²) < 4.78 is 5.83. The Labute approximate surface area is 111 Å². The van der Waals surface area contributed by atoms with Crippen molar-refractivity contribution in [2.75, 3.05) is 6.61 Å². The van der Waals surface area contributed by atoms with E-state index >= 15 is 0 Å². The highest BCUT2D eigenvalue weighted by Gasteiger charge is 2.43. The standard InChI is InChI=1S/C16H28O2/c1-4-16(5-2,18-6-3)15(17)11-14-10-12-7-8-13(14)9-12/h12-14H,4-11H2,1-3H3.